The van der Waals surface area contributed by atoms with Gasteiger partial charge in [0, 0.05) is 6.54 Å². The zero-order valence-corrected chi connectivity index (χ0v) is 11.7. The fourth-order valence-corrected chi connectivity index (χ4v) is 1.83. The number of hydrogen-bond donors (Lipinski definition) is 2. The predicted octanol–water partition coefficient (Wildman–Crippen LogP) is 2.37. The van der Waals surface area contributed by atoms with Crippen molar-refractivity contribution in [2.45, 2.75) is 38.6 Å². The van der Waals surface area contributed by atoms with Crippen LogP contribution in [0.1, 0.15) is 25.3 Å². The second-order valence-electron chi connectivity index (χ2n) is 4.59. The Labute approximate surface area is 121 Å². The summed E-state index contributed by atoms with van der Waals surface area (Å²) < 4.78 is 40.7. The van der Waals surface area contributed by atoms with Gasteiger partial charge in [-0.3, -0.25) is 4.79 Å². The van der Waals surface area contributed by atoms with E-state index in [1.807, 2.05) is 6.92 Å². The van der Waals surface area contributed by atoms with Crippen molar-refractivity contribution < 1.29 is 22.7 Å². The fourth-order valence-electron chi connectivity index (χ4n) is 1.83. The minimum absolute atomic E-state index is 0.203. The van der Waals surface area contributed by atoms with Crippen LogP contribution in [0, 0.1) is 0 Å². The van der Waals surface area contributed by atoms with Crippen molar-refractivity contribution in [1.82, 2.24) is 5.32 Å². The van der Waals surface area contributed by atoms with Crippen LogP contribution in [0.4, 0.5) is 13.2 Å². The SMILES string of the molecule is CCCC(N)C(=O)NCCc1ccccc1OC(F)(F)F. The van der Waals surface area contributed by atoms with Crippen molar-refractivity contribution in [1.29, 1.82) is 0 Å². The van der Waals surface area contributed by atoms with Crippen molar-refractivity contribution in [2.75, 3.05) is 6.54 Å². The molecular formula is C14H19F3N2O2. The number of benzene rings is 1. The minimum Gasteiger partial charge on any atom is -0.406 e. The van der Waals surface area contributed by atoms with E-state index in [1.165, 1.54) is 18.2 Å². The number of nitrogens with two attached hydrogens (primary N) is 1. The summed E-state index contributed by atoms with van der Waals surface area (Å²) in [6, 6.07) is 5.26. The lowest BCUT2D eigenvalue weighted by atomic mass is 10.1. The molecule has 3 N–H and O–H groups in total. The molecule has 0 bridgehead atoms. The predicted molar refractivity (Wildman–Crippen MR) is 72.7 cm³/mol. The maximum atomic E-state index is 12.3. The molecule has 4 nitrogen and oxygen atoms in total. The lowest BCUT2D eigenvalue weighted by Gasteiger charge is -2.14. The van der Waals surface area contributed by atoms with Gasteiger partial charge in [-0.15, -0.1) is 13.2 Å². The van der Waals surface area contributed by atoms with Crippen LogP contribution in [0.2, 0.25) is 0 Å². The largest absolute Gasteiger partial charge is 0.573 e. The lowest BCUT2D eigenvalue weighted by Crippen LogP contribution is -2.41. The Morgan fingerprint density at radius 3 is 2.67 bits per heavy atom. The minimum atomic E-state index is -4.73. The van der Waals surface area contributed by atoms with E-state index in [1.54, 1.807) is 6.07 Å². The van der Waals surface area contributed by atoms with Crippen molar-refractivity contribution in [3.8, 4) is 5.75 Å². The molecule has 0 aliphatic rings. The highest BCUT2D eigenvalue weighted by molar-refractivity contribution is 5.81. The third kappa shape index (κ3) is 6.48. The second-order valence-corrected chi connectivity index (χ2v) is 4.59. The van der Waals surface area contributed by atoms with Gasteiger partial charge >= 0.3 is 6.36 Å². The smallest absolute Gasteiger partial charge is 0.406 e. The van der Waals surface area contributed by atoms with Crippen LogP contribution in [-0.2, 0) is 11.2 Å². The number of carbonyl (C=O) groups excluding carboxylic acids is 1. The van der Waals surface area contributed by atoms with E-state index >= 15 is 0 Å². The number of para-hydroxylation sites is 1. The van der Waals surface area contributed by atoms with Gasteiger partial charge in [-0.1, -0.05) is 31.5 Å². The lowest BCUT2D eigenvalue weighted by molar-refractivity contribution is -0.274. The molecule has 1 aromatic rings. The van der Waals surface area contributed by atoms with E-state index in [0.717, 1.165) is 6.42 Å². The average molecular weight is 304 g/mol. The van der Waals surface area contributed by atoms with Gasteiger partial charge in [0.05, 0.1) is 6.04 Å². The summed E-state index contributed by atoms with van der Waals surface area (Å²) >= 11 is 0. The maximum absolute atomic E-state index is 12.3. The first kappa shape index (κ1) is 17.3. The first-order valence-electron chi connectivity index (χ1n) is 6.70. The molecule has 1 atom stereocenters. The van der Waals surface area contributed by atoms with Crippen LogP contribution < -0.4 is 15.8 Å². The van der Waals surface area contributed by atoms with Crippen LogP contribution in [-0.4, -0.2) is 24.9 Å². The molecule has 0 saturated heterocycles. The summed E-state index contributed by atoms with van der Waals surface area (Å²) in [5.74, 6) is -0.553. The molecule has 118 valence electrons. The topological polar surface area (TPSA) is 64.4 Å². The monoisotopic (exact) mass is 304 g/mol. The summed E-state index contributed by atoms with van der Waals surface area (Å²) in [7, 11) is 0. The van der Waals surface area contributed by atoms with Crippen LogP contribution in [0.3, 0.4) is 0 Å². The molecule has 7 heteroatoms. The molecule has 0 aromatic heterocycles. The number of carbonyl (C=O) groups is 1. The molecule has 0 saturated carbocycles. The summed E-state index contributed by atoms with van der Waals surface area (Å²) in [5.41, 5.74) is 6.01. The third-order valence-electron chi connectivity index (χ3n) is 2.83. The van der Waals surface area contributed by atoms with Gasteiger partial charge in [-0.05, 0) is 24.5 Å². The maximum Gasteiger partial charge on any atom is 0.573 e. The zero-order valence-electron chi connectivity index (χ0n) is 11.7. The Morgan fingerprint density at radius 2 is 2.05 bits per heavy atom. The van der Waals surface area contributed by atoms with Gasteiger partial charge < -0.3 is 15.8 Å². The van der Waals surface area contributed by atoms with Crippen molar-refractivity contribution in [2.24, 2.45) is 5.73 Å². The Bertz CT molecular complexity index is 464. The molecule has 0 heterocycles. The molecule has 0 fully saturated rings. The van der Waals surface area contributed by atoms with E-state index in [4.69, 9.17) is 5.73 Å². The summed E-state index contributed by atoms with van der Waals surface area (Å²) in [6.07, 6.45) is -3.14. The van der Waals surface area contributed by atoms with E-state index < -0.39 is 12.4 Å². The third-order valence-corrected chi connectivity index (χ3v) is 2.83. The van der Waals surface area contributed by atoms with Crippen LogP contribution >= 0.6 is 0 Å². The van der Waals surface area contributed by atoms with E-state index in [9.17, 15) is 18.0 Å². The molecule has 0 spiro atoms. The molecule has 1 unspecified atom stereocenters. The van der Waals surface area contributed by atoms with Crippen LogP contribution in [0.25, 0.3) is 0 Å². The molecular weight excluding hydrogens is 285 g/mol. The van der Waals surface area contributed by atoms with Crippen molar-refractivity contribution >= 4 is 5.91 Å². The highest BCUT2D eigenvalue weighted by Gasteiger charge is 2.31. The Morgan fingerprint density at radius 1 is 1.38 bits per heavy atom. The van der Waals surface area contributed by atoms with Crippen LogP contribution in [0.5, 0.6) is 5.75 Å². The van der Waals surface area contributed by atoms with Gasteiger partial charge in [0.15, 0.2) is 0 Å². The van der Waals surface area contributed by atoms with Crippen molar-refractivity contribution in [3.05, 3.63) is 29.8 Å². The number of ether oxygens (including phenoxy) is 1. The quantitative estimate of drug-likeness (QED) is 0.813. The zero-order chi connectivity index (χ0) is 15.9. The molecule has 0 aliphatic heterocycles. The fraction of sp³-hybridized carbons (Fsp3) is 0.500. The number of hydrogen-bond acceptors (Lipinski definition) is 3. The molecule has 1 aromatic carbocycles. The van der Waals surface area contributed by atoms with E-state index in [0.29, 0.717) is 12.0 Å². The first-order chi connectivity index (χ1) is 9.83. The summed E-state index contributed by atoms with van der Waals surface area (Å²) in [6.45, 7) is 2.12. The number of alkyl halides is 3. The summed E-state index contributed by atoms with van der Waals surface area (Å²) in [5, 5.41) is 2.61. The number of amides is 1. The van der Waals surface area contributed by atoms with E-state index in [-0.39, 0.29) is 24.6 Å². The highest BCUT2D eigenvalue weighted by atomic mass is 19.4. The molecule has 1 rings (SSSR count). The summed E-state index contributed by atoms with van der Waals surface area (Å²) in [4.78, 5) is 11.6. The van der Waals surface area contributed by atoms with Crippen LogP contribution in [0.15, 0.2) is 24.3 Å². The average Bonchev–Trinajstić information content (AvgIpc) is 2.39. The van der Waals surface area contributed by atoms with Gasteiger partial charge in [0.2, 0.25) is 5.91 Å². The molecule has 1 amide bonds. The Balaban J connectivity index is 2.54. The van der Waals surface area contributed by atoms with E-state index in [2.05, 4.69) is 10.1 Å². The van der Waals surface area contributed by atoms with Gasteiger partial charge in [-0.25, -0.2) is 0 Å². The Hall–Kier alpha value is -1.76. The second kappa shape index (κ2) is 7.87. The standard InChI is InChI=1S/C14H19F3N2O2/c1-2-5-11(18)13(20)19-9-8-10-6-3-4-7-12(10)21-14(15,16)17/h3-4,6-7,11H,2,5,8-9,18H2,1H3,(H,19,20). The molecule has 0 aliphatic carbocycles. The Kier molecular flexibility index (Phi) is 6.48. The number of halogens is 3. The highest BCUT2D eigenvalue weighted by Crippen LogP contribution is 2.26. The molecule has 0 radical (unpaired) electrons. The molecule has 21 heavy (non-hydrogen) atoms. The van der Waals surface area contributed by atoms with Crippen molar-refractivity contribution in [3.63, 3.8) is 0 Å². The number of nitrogens with one attached hydrogen (secondary N) is 1. The van der Waals surface area contributed by atoms with Gasteiger partial charge in [0.1, 0.15) is 5.75 Å². The first-order valence-corrected chi connectivity index (χ1v) is 6.70. The number of rotatable bonds is 7. The van der Waals surface area contributed by atoms with Gasteiger partial charge in [-0.2, -0.15) is 0 Å². The van der Waals surface area contributed by atoms with Gasteiger partial charge in [0.25, 0.3) is 0 Å². The normalized spacial score (nSPS) is 12.8.